The minimum Gasteiger partial charge on any atom is -0.358 e. The molecule has 5 heteroatoms. The topological polar surface area (TPSA) is 75.4 Å². The van der Waals surface area contributed by atoms with Crippen LogP contribution in [-0.4, -0.2) is 37.4 Å². The van der Waals surface area contributed by atoms with Crippen LogP contribution in [0.3, 0.4) is 0 Å². The summed E-state index contributed by atoms with van der Waals surface area (Å²) in [6.45, 7) is 0.0524. The van der Waals surface area contributed by atoms with Gasteiger partial charge in [0.05, 0.1) is 6.54 Å². The van der Waals surface area contributed by atoms with Crippen molar-refractivity contribution in [2.75, 3.05) is 20.6 Å². The lowest BCUT2D eigenvalue weighted by molar-refractivity contribution is -0.134. The summed E-state index contributed by atoms with van der Waals surface area (Å²) in [5.74, 6) is -0.339. The van der Waals surface area contributed by atoms with Crippen molar-refractivity contribution < 1.29 is 9.59 Å². The van der Waals surface area contributed by atoms with E-state index < -0.39 is 0 Å². The lowest BCUT2D eigenvalue weighted by atomic mass is 10.0. The molecule has 0 aliphatic rings. The number of hydrogen-bond donors (Lipinski definition) is 2. The molecule has 1 atom stereocenters. The van der Waals surface area contributed by atoms with Crippen LogP contribution >= 0.6 is 0 Å². The van der Waals surface area contributed by atoms with Crippen molar-refractivity contribution in [3.8, 4) is 0 Å². The third kappa shape index (κ3) is 4.18. The molecule has 5 nitrogen and oxygen atoms in total. The number of nitrogens with zero attached hydrogens (tertiary/aromatic N) is 1. The number of carbonyl (C=O) groups is 2. The second kappa shape index (κ2) is 6.76. The van der Waals surface area contributed by atoms with Crippen molar-refractivity contribution in [3.63, 3.8) is 0 Å². The van der Waals surface area contributed by atoms with Gasteiger partial charge in [-0.25, -0.2) is 0 Å². The Morgan fingerprint density at radius 3 is 2.50 bits per heavy atom. The van der Waals surface area contributed by atoms with E-state index >= 15 is 0 Å². The molecular formula is C13H19N3O2. The highest BCUT2D eigenvalue weighted by Gasteiger charge is 2.16. The maximum atomic E-state index is 11.8. The summed E-state index contributed by atoms with van der Waals surface area (Å²) >= 11 is 0. The molecular weight excluding hydrogens is 230 g/mol. The highest BCUT2D eigenvalue weighted by molar-refractivity contribution is 5.84. The van der Waals surface area contributed by atoms with Crippen LogP contribution in [0.2, 0.25) is 0 Å². The maximum absolute atomic E-state index is 11.8. The minimum atomic E-state index is -0.342. The lowest BCUT2D eigenvalue weighted by Crippen LogP contribution is -2.38. The fourth-order valence-electron chi connectivity index (χ4n) is 1.54. The Morgan fingerprint density at radius 1 is 1.33 bits per heavy atom. The van der Waals surface area contributed by atoms with E-state index in [-0.39, 0.29) is 30.8 Å². The Labute approximate surface area is 107 Å². The van der Waals surface area contributed by atoms with Crippen molar-refractivity contribution in [1.29, 1.82) is 0 Å². The van der Waals surface area contributed by atoms with Crippen molar-refractivity contribution in [2.24, 2.45) is 5.73 Å². The van der Waals surface area contributed by atoms with Gasteiger partial charge in [-0.05, 0) is 5.56 Å². The highest BCUT2D eigenvalue weighted by atomic mass is 16.2. The number of amides is 2. The van der Waals surface area contributed by atoms with E-state index in [9.17, 15) is 9.59 Å². The molecule has 0 fully saturated rings. The Bertz CT molecular complexity index is 406. The van der Waals surface area contributed by atoms with Crippen LogP contribution in [0, 0.1) is 0 Å². The smallest absolute Gasteiger partial charge is 0.239 e. The molecule has 0 radical (unpaired) electrons. The molecule has 0 saturated heterocycles. The Kier molecular flexibility index (Phi) is 5.32. The zero-order valence-corrected chi connectivity index (χ0v) is 10.7. The Balaban J connectivity index is 2.52. The highest BCUT2D eigenvalue weighted by Crippen LogP contribution is 2.14. The second-order valence-electron chi connectivity index (χ2n) is 4.14. The first-order valence-electron chi connectivity index (χ1n) is 5.79. The van der Waals surface area contributed by atoms with Crippen molar-refractivity contribution >= 4 is 11.8 Å². The van der Waals surface area contributed by atoms with Gasteiger partial charge < -0.3 is 16.0 Å². The summed E-state index contributed by atoms with van der Waals surface area (Å²) in [4.78, 5) is 24.4. The number of hydrogen-bond acceptors (Lipinski definition) is 3. The average molecular weight is 249 g/mol. The first-order valence-corrected chi connectivity index (χ1v) is 5.79. The third-order valence-electron chi connectivity index (χ3n) is 2.71. The molecule has 0 saturated carbocycles. The van der Waals surface area contributed by atoms with Crippen LogP contribution in [0.25, 0.3) is 0 Å². The van der Waals surface area contributed by atoms with Crippen LogP contribution in [0.1, 0.15) is 18.0 Å². The Morgan fingerprint density at radius 2 is 1.94 bits per heavy atom. The molecule has 0 heterocycles. The van der Waals surface area contributed by atoms with Gasteiger partial charge in [-0.2, -0.15) is 0 Å². The first kappa shape index (κ1) is 14.2. The number of carbonyl (C=O) groups excluding carboxylic acids is 2. The first-order chi connectivity index (χ1) is 8.54. The van der Waals surface area contributed by atoms with Crippen molar-refractivity contribution in [3.05, 3.63) is 35.9 Å². The third-order valence-corrected chi connectivity index (χ3v) is 2.71. The van der Waals surface area contributed by atoms with Crippen molar-refractivity contribution in [1.82, 2.24) is 10.2 Å². The van der Waals surface area contributed by atoms with E-state index in [1.807, 2.05) is 30.3 Å². The SMILES string of the molecule is CNC(=O)CN(C)C(=O)CC(N)c1ccccc1. The summed E-state index contributed by atoms with van der Waals surface area (Å²) in [6.07, 6.45) is 0.192. The van der Waals surface area contributed by atoms with Crippen LogP contribution in [0.5, 0.6) is 0 Å². The van der Waals surface area contributed by atoms with Gasteiger partial charge >= 0.3 is 0 Å². The predicted molar refractivity (Wildman–Crippen MR) is 69.7 cm³/mol. The summed E-state index contributed by atoms with van der Waals surface area (Å²) in [5, 5.41) is 2.47. The van der Waals surface area contributed by atoms with Crippen LogP contribution < -0.4 is 11.1 Å². The van der Waals surface area contributed by atoms with E-state index in [0.29, 0.717) is 0 Å². The van der Waals surface area contributed by atoms with Gasteiger partial charge in [0.15, 0.2) is 0 Å². The molecule has 1 unspecified atom stereocenters. The molecule has 2 amide bonds. The summed E-state index contributed by atoms with van der Waals surface area (Å²) in [5.41, 5.74) is 6.86. The lowest BCUT2D eigenvalue weighted by Gasteiger charge is -2.19. The zero-order valence-electron chi connectivity index (χ0n) is 10.7. The molecule has 98 valence electrons. The fourth-order valence-corrected chi connectivity index (χ4v) is 1.54. The summed E-state index contributed by atoms with van der Waals surface area (Å²) < 4.78 is 0. The van der Waals surface area contributed by atoms with Gasteiger partial charge in [0.1, 0.15) is 0 Å². The Hall–Kier alpha value is -1.88. The number of nitrogens with one attached hydrogen (secondary N) is 1. The van der Waals surface area contributed by atoms with Gasteiger partial charge in [-0.3, -0.25) is 9.59 Å². The van der Waals surface area contributed by atoms with Gasteiger partial charge in [0.25, 0.3) is 0 Å². The van der Waals surface area contributed by atoms with Gasteiger partial charge in [-0.15, -0.1) is 0 Å². The predicted octanol–water partition coefficient (Wildman–Crippen LogP) is 0.281. The van der Waals surface area contributed by atoms with Crippen LogP contribution in [0.4, 0.5) is 0 Å². The zero-order chi connectivity index (χ0) is 13.5. The number of likely N-dealkylation sites (N-methyl/N-ethyl adjacent to an activating group) is 2. The largest absolute Gasteiger partial charge is 0.358 e. The van der Waals surface area contributed by atoms with E-state index in [1.54, 1.807) is 7.05 Å². The molecule has 1 aromatic rings. The minimum absolute atomic E-state index is 0.0524. The average Bonchev–Trinajstić information content (AvgIpc) is 2.39. The monoisotopic (exact) mass is 249 g/mol. The van der Waals surface area contributed by atoms with Crippen LogP contribution in [-0.2, 0) is 9.59 Å². The second-order valence-corrected chi connectivity index (χ2v) is 4.14. The molecule has 18 heavy (non-hydrogen) atoms. The molecule has 0 bridgehead atoms. The molecule has 0 spiro atoms. The van der Waals surface area contributed by atoms with E-state index in [4.69, 9.17) is 5.73 Å². The molecule has 0 aliphatic carbocycles. The molecule has 1 aromatic carbocycles. The molecule has 0 aromatic heterocycles. The normalized spacial score (nSPS) is 11.7. The van der Waals surface area contributed by atoms with E-state index in [1.165, 1.54) is 11.9 Å². The van der Waals surface area contributed by atoms with Crippen molar-refractivity contribution in [2.45, 2.75) is 12.5 Å². The number of nitrogens with two attached hydrogens (primary N) is 1. The number of benzene rings is 1. The van der Waals surface area contributed by atoms with Gasteiger partial charge in [0.2, 0.25) is 11.8 Å². The molecule has 0 aliphatic heterocycles. The molecule has 1 rings (SSSR count). The fraction of sp³-hybridized carbons (Fsp3) is 0.385. The maximum Gasteiger partial charge on any atom is 0.239 e. The molecule has 3 N–H and O–H groups in total. The van der Waals surface area contributed by atoms with E-state index in [0.717, 1.165) is 5.56 Å². The van der Waals surface area contributed by atoms with Gasteiger partial charge in [0, 0.05) is 26.6 Å². The number of rotatable bonds is 5. The summed E-state index contributed by atoms with van der Waals surface area (Å²) in [7, 11) is 3.13. The van der Waals surface area contributed by atoms with Gasteiger partial charge in [-0.1, -0.05) is 30.3 Å². The quantitative estimate of drug-likeness (QED) is 0.787. The standard InChI is InChI=1S/C13H19N3O2/c1-15-12(17)9-16(2)13(18)8-11(14)10-6-4-3-5-7-10/h3-7,11H,8-9,14H2,1-2H3,(H,15,17). The van der Waals surface area contributed by atoms with E-state index in [2.05, 4.69) is 5.32 Å². The summed E-state index contributed by atoms with van der Waals surface area (Å²) in [6, 6.07) is 9.09. The van der Waals surface area contributed by atoms with Crippen LogP contribution in [0.15, 0.2) is 30.3 Å².